The lowest BCUT2D eigenvalue weighted by molar-refractivity contribution is 0.00640. The molecule has 35 heavy (non-hydrogen) atoms. The molecule has 9 heteroatoms. The first-order valence-electron chi connectivity index (χ1n) is 11.2. The minimum atomic E-state index is -0.693. The molecule has 0 fully saturated rings. The van der Waals surface area contributed by atoms with E-state index in [0.717, 1.165) is 11.1 Å². The number of carbonyl (C=O) groups is 1. The number of anilines is 1. The number of pyridine rings is 1. The fraction of sp³-hybridized carbons (Fsp3) is 0.308. The number of aromatic nitrogens is 3. The van der Waals surface area contributed by atoms with Crippen LogP contribution in [0.5, 0.6) is 0 Å². The van der Waals surface area contributed by atoms with Crippen molar-refractivity contribution in [2.45, 2.75) is 53.2 Å². The van der Waals surface area contributed by atoms with Crippen LogP contribution in [-0.4, -0.2) is 26.8 Å². The van der Waals surface area contributed by atoms with Crippen molar-refractivity contribution in [2.75, 3.05) is 5.32 Å². The lowest BCUT2D eigenvalue weighted by Crippen LogP contribution is -2.25. The van der Waals surface area contributed by atoms with Crippen LogP contribution in [0.15, 0.2) is 45.9 Å². The highest BCUT2D eigenvalue weighted by molar-refractivity contribution is 6.29. The maximum atomic E-state index is 13.2. The van der Waals surface area contributed by atoms with E-state index in [1.165, 1.54) is 0 Å². The van der Waals surface area contributed by atoms with Gasteiger partial charge in [-0.05, 0) is 65.3 Å². The normalized spacial score (nSPS) is 12.5. The summed E-state index contributed by atoms with van der Waals surface area (Å²) in [6.07, 6.45) is 3.29. The molecule has 3 aromatic heterocycles. The van der Waals surface area contributed by atoms with E-state index in [1.54, 1.807) is 52.2 Å². The Balaban J connectivity index is 1.81. The van der Waals surface area contributed by atoms with Crippen LogP contribution < -0.4 is 10.7 Å². The van der Waals surface area contributed by atoms with Gasteiger partial charge in [0.15, 0.2) is 11.1 Å². The van der Waals surface area contributed by atoms with Gasteiger partial charge in [-0.25, -0.2) is 9.78 Å². The van der Waals surface area contributed by atoms with Gasteiger partial charge in [0.1, 0.15) is 22.1 Å². The zero-order valence-electron chi connectivity index (χ0n) is 20.4. The Morgan fingerprint density at radius 3 is 2.63 bits per heavy atom. The average molecular weight is 495 g/mol. The van der Waals surface area contributed by atoms with Crippen LogP contribution in [0.4, 0.5) is 5.69 Å². The van der Waals surface area contributed by atoms with Crippen LogP contribution in [0.3, 0.4) is 0 Å². The average Bonchev–Trinajstić information content (AvgIpc) is 3.30. The van der Waals surface area contributed by atoms with Crippen LogP contribution in [-0.2, 0) is 4.74 Å². The van der Waals surface area contributed by atoms with Gasteiger partial charge in [-0.2, -0.15) is 5.10 Å². The van der Waals surface area contributed by atoms with Crippen molar-refractivity contribution in [3.8, 4) is 11.3 Å². The van der Waals surface area contributed by atoms with Crippen molar-refractivity contribution >= 4 is 34.2 Å². The number of rotatable bonds is 5. The minimum Gasteiger partial charge on any atom is -0.455 e. The number of nitrogens with one attached hydrogen (secondary N) is 2. The largest absolute Gasteiger partial charge is 0.455 e. The number of nitrogens with zero attached hydrogens (tertiary/aromatic N) is 2. The molecule has 0 aliphatic rings. The number of H-pyrrole nitrogens is 1. The van der Waals surface area contributed by atoms with Gasteiger partial charge in [0.2, 0.25) is 0 Å². The SMILES string of the molecule is Cc1cc([C@@H](C)Nc2ccc(Cl)nc2C(=O)OC(C)(C)C)c2oc(-c3cn[nH]c3)c(C)c(=O)c2c1. The van der Waals surface area contributed by atoms with Crippen LogP contribution in [0.25, 0.3) is 22.3 Å². The van der Waals surface area contributed by atoms with Crippen molar-refractivity contribution in [1.29, 1.82) is 0 Å². The van der Waals surface area contributed by atoms with Gasteiger partial charge in [0.05, 0.1) is 28.9 Å². The predicted octanol–water partition coefficient (Wildman–Crippen LogP) is 5.98. The Hall–Kier alpha value is -3.65. The Morgan fingerprint density at radius 2 is 1.97 bits per heavy atom. The van der Waals surface area contributed by atoms with Gasteiger partial charge in [-0.1, -0.05) is 17.7 Å². The lowest BCUT2D eigenvalue weighted by Gasteiger charge is -2.22. The molecule has 1 aromatic carbocycles. The number of carbonyl (C=O) groups excluding carboxylic acids is 1. The molecular formula is C26H27ClN4O4. The third-order valence-electron chi connectivity index (χ3n) is 5.44. The summed E-state index contributed by atoms with van der Waals surface area (Å²) in [7, 11) is 0. The number of esters is 1. The molecule has 8 nitrogen and oxygen atoms in total. The Kier molecular flexibility index (Phi) is 6.42. The monoisotopic (exact) mass is 494 g/mol. The third kappa shape index (κ3) is 5.07. The van der Waals surface area contributed by atoms with E-state index in [1.807, 2.05) is 26.0 Å². The number of fused-ring (bicyclic) bond motifs is 1. The summed E-state index contributed by atoms with van der Waals surface area (Å²) in [4.78, 5) is 30.3. The van der Waals surface area contributed by atoms with Crippen LogP contribution >= 0.6 is 11.6 Å². The topological polar surface area (TPSA) is 110 Å². The fourth-order valence-corrected chi connectivity index (χ4v) is 4.03. The van der Waals surface area contributed by atoms with E-state index < -0.39 is 11.6 Å². The van der Waals surface area contributed by atoms with E-state index in [2.05, 4.69) is 20.5 Å². The van der Waals surface area contributed by atoms with Gasteiger partial charge in [-0.15, -0.1) is 0 Å². The summed E-state index contributed by atoms with van der Waals surface area (Å²) < 4.78 is 11.8. The summed E-state index contributed by atoms with van der Waals surface area (Å²) in [6.45, 7) is 10.9. The number of hydrogen-bond acceptors (Lipinski definition) is 7. The standard InChI is InChI=1S/C26H27ClN4O4/c1-13-9-17(24-18(10-13)22(32)14(2)23(34-24)16-11-28-29-12-16)15(3)30-19-7-8-20(27)31-21(19)25(33)35-26(4,5)6/h7-12,15,30H,1-6H3,(H,28,29)/t15-/m1/s1. The highest BCUT2D eigenvalue weighted by atomic mass is 35.5. The molecule has 0 amide bonds. The summed E-state index contributed by atoms with van der Waals surface area (Å²) in [5, 5.41) is 10.7. The Labute approximate surface area is 207 Å². The van der Waals surface area contributed by atoms with Crippen LogP contribution in [0.1, 0.15) is 60.9 Å². The summed E-state index contributed by atoms with van der Waals surface area (Å²) >= 11 is 6.08. The molecule has 4 rings (SSSR count). The second-order valence-corrected chi connectivity index (χ2v) is 9.89. The number of hydrogen-bond donors (Lipinski definition) is 2. The molecule has 2 N–H and O–H groups in total. The third-order valence-corrected chi connectivity index (χ3v) is 5.65. The Bertz CT molecular complexity index is 1470. The maximum absolute atomic E-state index is 13.2. The minimum absolute atomic E-state index is 0.0765. The highest BCUT2D eigenvalue weighted by Gasteiger charge is 2.24. The van der Waals surface area contributed by atoms with Crippen molar-refractivity contribution in [2.24, 2.45) is 0 Å². The zero-order chi connectivity index (χ0) is 25.5. The van der Waals surface area contributed by atoms with Crippen LogP contribution in [0, 0.1) is 13.8 Å². The molecule has 0 radical (unpaired) electrons. The number of halogens is 1. The van der Waals surface area contributed by atoms with Gasteiger partial charge >= 0.3 is 5.97 Å². The van der Waals surface area contributed by atoms with Gasteiger partial charge in [0, 0.05) is 17.3 Å². The molecule has 0 unspecified atom stereocenters. The van der Waals surface area contributed by atoms with Gasteiger partial charge < -0.3 is 14.5 Å². The second-order valence-electron chi connectivity index (χ2n) is 9.50. The van der Waals surface area contributed by atoms with E-state index in [4.69, 9.17) is 20.8 Å². The molecule has 0 aliphatic carbocycles. The molecule has 0 saturated carbocycles. The van der Waals surface area contributed by atoms with E-state index in [-0.39, 0.29) is 22.3 Å². The first kappa shape index (κ1) is 24.5. The van der Waals surface area contributed by atoms with Crippen LogP contribution in [0.2, 0.25) is 5.15 Å². The molecule has 0 saturated heterocycles. The van der Waals surface area contributed by atoms with Crippen molar-refractivity contribution < 1.29 is 13.9 Å². The molecule has 0 aliphatic heterocycles. The van der Waals surface area contributed by atoms with Gasteiger partial charge in [-0.3, -0.25) is 9.89 Å². The number of ether oxygens (including phenoxy) is 1. The number of aromatic amines is 1. The smallest absolute Gasteiger partial charge is 0.359 e. The molecule has 182 valence electrons. The second kappa shape index (κ2) is 9.19. The molecule has 1 atom stereocenters. The molecule has 0 bridgehead atoms. The molecular weight excluding hydrogens is 468 g/mol. The number of benzene rings is 1. The summed E-state index contributed by atoms with van der Waals surface area (Å²) in [5.74, 6) is -0.135. The molecule has 3 heterocycles. The van der Waals surface area contributed by atoms with E-state index in [0.29, 0.717) is 33.5 Å². The summed E-state index contributed by atoms with van der Waals surface area (Å²) in [6, 6.07) is 6.69. The quantitative estimate of drug-likeness (QED) is 0.259. The predicted molar refractivity (Wildman–Crippen MR) is 136 cm³/mol. The number of aryl methyl sites for hydroxylation is 1. The first-order chi connectivity index (χ1) is 16.4. The first-order valence-corrected chi connectivity index (χ1v) is 11.6. The van der Waals surface area contributed by atoms with Crippen molar-refractivity contribution in [1.82, 2.24) is 15.2 Å². The van der Waals surface area contributed by atoms with E-state index >= 15 is 0 Å². The maximum Gasteiger partial charge on any atom is 0.359 e. The Morgan fingerprint density at radius 1 is 1.23 bits per heavy atom. The highest BCUT2D eigenvalue weighted by Crippen LogP contribution is 2.32. The van der Waals surface area contributed by atoms with E-state index in [9.17, 15) is 9.59 Å². The molecule has 0 spiro atoms. The van der Waals surface area contributed by atoms with Gasteiger partial charge in [0.25, 0.3) is 0 Å². The summed E-state index contributed by atoms with van der Waals surface area (Å²) in [5.41, 5.74) is 3.04. The van der Waals surface area contributed by atoms with Crippen molar-refractivity contribution in [3.63, 3.8) is 0 Å². The molecule has 4 aromatic rings. The lowest BCUT2D eigenvalue weighted by atomic mass is 9.99. The van der Waals surface area contributed by atoms with Crippen molar-refractivity contribution in [3.05, 3.63) is 74.4 Å². The zero-order valence-corrected chi connectivity index (χ0v) is 21.2. The fourth-order valence-electron chi connectivity index (χ4n) is 3.88.